The molecule has 4 nitrogen and oxygen atoms in total. The first-order valence-electron chi connectivity index (χ1n) is 8.17. The summed E-state index contributed by atoms with van der Waals surface area (Å²) in [6.07, 6.45) is 5.27. The third-order valence-corrected chi connectivity index (χ3v) is 4.55. The summed E-state index contributed by atoms with van der Waals surface area (Å²) in [5, 5.41) is 8.97. The summed E-state index contributed by atoms with van der Waals surface area (Å²) >= 11 is 0. The third-order valence-electron chi connectivity index (χ3n) is 4.55. The van der Waals surface area contributed by atoms with E-state index in [0.717, 1.165) is 31.2 Å². The molecule has 1 fully saturated rings. The van der Waals surface area contributed by atoms with Crippen LogP contribution < -0.4 is 0 Å². The van der Waals surface area contributed by atoms with E-state index in [-0.39, 0.29) is 30.8 Å². The van der Waals surface area contributed by atoms with Crippen molar-refractivity contribution in [1.29, 1.82) is 0 Å². The summed E-state index contributed by atoms with van der Waals surface area (Å²) in [7, 11) is 0. The SMILES string of the molecule is CC(c1ccccc1)N(CCC(=O)O)C(=O)C1CCCCC1. The van der Waals surface area contributed by atoms with Gasteiger partial charge in [-0.25, -0.2) is 0 Å². The second-order valence-electron chi connectivity index (χ2n) is 6.10. The molecule has 1 N–H and O–H groups in total. The molecule has 0 spiro atoms. The highest BCUT2D eigenvalue weighted by Crippen LogP contribution is 2.29. The summed E-state index contributed by atoms with van der Waals surface area (Å²) in [5.41, 5.74) is 1.05. The smallest absolute Gasteiger partial charge is 0.305 e. The van der Waals surface area contributed by atoms with Crippen LogP contribution in [0.25, 0.3) is 0 Å². The van der Waals surface area contributed by atoms with Gasteiger partial charge >= 0.3 is 5.97 Å². The van der Waals surface area contributed by atoms with Crippen LogP contribution in [-0.4, -0.2) is 28.4 Å². The zero-order chi connectivity index (χ0) is 15.9. The average Bonchev–Trinajstić information content (AvgIpc) is 2.56. The van der Waals surface area contributed by atoms with Gasteiger partial charge in [0, 0.05) is 12.5 Å². The molecule has 1 aromatic rings. The normalized spacial score (nSPS) is 17.0. The predicted octanol–water partition coefficient (Wildman–Crippen LogP) is 3.63. The summed E-state index contributed by atoms with van der Waals surface area (Å²) in [4.78, 5) is 25.5. The Morgan fingerprint density at radius 2 is 1.82 bits per heavy atom. The second kappa shape index (κ2) is 7.97. The van der Waals surface area contributed by atoms with Gasteiger partial charge in [-0.2, -0.15) is 0 Å². The summed E-state index contributed by atoms with van der Waals surface area (Å²) < 4.78 is 0. The van der Waals surface area contributed by atoms with Crippen LogP contribution >= 0.6 is 0 Å². The number of carboxylic acids is 1. The van der Waals surface area contributed by atoms with Crippen LogP contribution in [0, 0.1) is 5.92 Å². The van der Waals surface area contributed by atoms with Crippen LogP contribution in [0.15, 0.2) is 30.3 Å². The van der Waals surface area contributed by atoms with Gasteiger partial charge in [-0.3, -0.25) is 9.59 Å². The van der Waals surface area contributed by atoms with Crippen molar-refractivity contribution in [2.45, 2.75) is 51.5 Å². The Bertz CT molecular complexity index is 494. The van der Waals surface area contributed by atoms with E-state index in [1.54, 1.807) is 4.90 Å². The van der Waals surface area contributed by atoms with E-state index in [4.69, 9.17) is 5.11 Å². The topological polar surface area (TPSA) is 57.6 Å². The lowest BCUT2D eigenvalue weighted by atomic mass is 9.87. The highest BCUT2D eigenvalue weighted by atomic mass is 16.4. The monoisotopic (exact) mass is 303 g/mol. The van der Waals surface area contributed by atoms with E-state index in [2.05, 4.69) is 0 Å². The molecule has 1 aliphatic rings. The van der Waals surface area contributed by atoms with Crippen molar-refractivity contribution in [3.8, 4) is 0 Å². The Kier molecular flexibility index (Phi) is 5.99. The van der Waals surface area contributed by atoms with Gasteiger partial charge in [0.05, 0.1) is 12.5 Å². The molecule has 1 aliphatic carbocycles. The zero-order valence-electron chi connectivity index (χ0n) is 13.2. The molecule has 0 heterocycles. The molecule has 0 radical (unpaired) electrons. The number of aliphatic carboxylic acids is 1. The number of carbonyl (C=O) groups excluding carboxylic acids is 1. The van der Waals surface area contributed by atoms with Crippen LogP contribution in [0.1, 0.15) is 57.1 Å². The standard InChI is InChI=1S/C18H25NO3/c1-14(15-8-4-2-5-9-15)19(13-12-17(20)21)18(22)16-10-6-3-7-11-16/h2,4-5,8-9,14,16H,3,6-7,10-13H2,1H3,(H,20,21). The lowest BCUT2D eigenvalue weighted by molar-refractivity contribution is -0.141. The van der Waals surface area contributed by atoms with Crippen LogP contribution in [0.3, 0.4) is 0 Å². The van der Waals surface area contributed by atoms with Gasteiger partial charge in [0.15, 0.2) is 0 Å². The predicted molar refractivity (Wildman–Crippen MR) is 85.4 cm³/mol. The number of hydrogen-bond donors (Lipinski definition) is 1. The van der Waals surface area contributed by atoms with Gasteiger partial charge in [-0.1, -0.05) is 49.6 Å². The molecular weight excluding hydrogens is 278 g/mol. The van der Waals surface area contributed by atoms with Crippen LogP contribution in [0.4, 0.5) is 0 Å². The molecule has 0 aromatic heterocycles. The largest absolute Gasteiger partial charge is 0.481 e. The molecule has 4 heteroatoms. The Hall–Kier alpha value is -1.84. The van der Waals surface area contributed by atoms with Crippen LogP contribution in [-0.2, 0) is 9.59 Å². The Labute approximate surface area is 132 Å². The molecule has 1 atom stereocenters. The maximum Gasteiger partial charge on any atom is 0.305 e. The summed E-state index contributed by atoms with van der Waals surface area (Å²) in [6.45, 7) is 2.26. The van der Waals surface area contributed by atoms with Crippen molar-refractivity contribution in [3.63, 3.8) is 0 Å². The van der Waals surface area contributed by atoms with Crippen molar-refractivity contribution in [2.24, 2.45) is 5.92 Å². The van der Waals surface area contributed by atoms with Crippen LogP contribution in [0.5, 0.6) is 0 Å². The number of nitrogens with zero attached hydrogens (tertiary/aromatic N) is 1. The average molecular weight is 303 g/mol. The summed E-state index contributed by atoms with van der Waals surface area (Å²) in [6, 6.07) is 9.74. The van der Waals surface area contributed by atoms with Gasteiger partial charge in [-0.15, -0.1) is 0 Å². The molecular formula is C18H25NO3. The van der Waals surface area contributed by atoms with Crippen molar-refractivity contribution in [2.75, 3.05) is 6.54 Å². The minimum atomic E-state index is -0.860. The quantitative estimate of drug-likeness (QED) is 0.873. The Morgan fingerprint density at radius 1 is 1.18 bits per heavy atom. The lowest BCUT2D eigenvalue weighted by Crippen LogP contribution is -2.40. The second-order valence-corrected chi connectivity index (χ2v) is 6.10. The number of hydrogen-bond acceptors (Lipinski definition) is 2. The molecule has 1 aromatic carbocycles. The molecule has 0 saturated heterocycles. The van der Waals surface area contributed by atoms with Gasteiger partial charge in [0.2, 0.25) is 5.91 Å². The number of amides is 1. The Morgan fingerprint density at radius 3 is 2.41 bits per heavy atom. The molecule has 0 aliphatic heterocycles. The van der Waals surface area contributed by atoms with Gasteiger partial charge in [0.25, 0.3) is 0 Å². The van der Waals surface area contributed by atoms with Crippen molar-refractivity contribution in [1.82, 2.24) is 4.90 Å². The molecule has 2 rings (SSSR count). The minimum absolute atomic E-state index is 0.00433. The minimum Gasteiger partial charge on any atom is -0.481 e. The van der Waals surface area contributed by atoms with Gasteiger partial charge in [0.1, 0.15) is 0 Å². The fourth-order valence-corrected chi connectivity index (χ4v) is 3.21. The van der Waals surface area contributed by atoms with Crippen molar-refractivity contribution < 1.29 is 14.7 Å². The van der Waals surface area contributed by atoms with E-state index in [0.29, 0.717) is 0 Å². The maximum absolute atomic E-state index is 12.9. The summed E-state index contributed by atoms with van der Waals surface area (Å²) in [5.74, 6) is -0.673. The van der Waals surface area contributed by atoms with Gasteiger partial charge < -0.3 is 10.0 Å². The van der Waals surface area contributed by atoms with Crippen LogP contribution in [0.2, 0.25) is 0 Å². The fraction of sp³-hybridized carbons (Fsp3) is 0.556. The lowest BCUT2D eigenvalue weighted by Gasteiger charge is -2.34. The molecule has 1 saturated carbocycles. The zero-order valence-corrected chi connectivity index (χ0v) is 13.2. The Balaban J connectivity index is 2.13. The highest BCUT2D eigenvalue weighted by Gasteiger charge is 2.29. The van der Waals surface area contributed by atoms with Gasteiger partial charge in [-0.05, 0) is 25.3 Å². The number of benzene rings is 1. The van der Waals surface area contributed by atoms with Crippen molar-refractivity contribution >= 4 is 11.9 Å². The van der Waals surface area contributed by atoms with E-state index in [1.807, 2.05) is 37.3 Å². The maximum atomic E-state index is 12.9. The van der Waals surface area contributed by atoms with Crippen molar-refractivity contribution in [3.05, 3.63) is 35.9 Å². The van der Waals surface area contributed by atoms with E-state index in [1.165, 1.54) is 6.42 Å². The molecule has 0 bridgehead atoms. The first-order chi connectivity index (χ1) is 10.6. The molecule has 22 heavy (non-hydrogen) atoms. The first kappa shape index (κ1) is 16.5. The first-order valence-corrected chi connectivity index (χ1v) is 8.17. The third kappa shape index (κ3) is 4.33. The molecule has 1 amide bonds. The number of rotatable bonds is 6. The van der Waals surface area contributed by atoms with E-state index >= 15 is 0 Å². The molecule has 1 unspecified atom stereocenters. The van der Waals surface area contributed by atoms with E-state index < -0.39 is 5.97 Å². The highest BCUT2D eigenvalue weighted by molar-refractivity contribution is 5.80. The fourth-order valence-electron chi connectivity index (χ4n) is 3.21. The number of carbonyl (C=O) groups is 2. The number of carboxylic acid groups (broad SMARTS) is 1. The molecule has 120 valence electrons. The van der Waals surface area contributed by atoms with E-state index in [9.17, 15) is 9.59 Å².